The third-order valence-electron chi connectivity index (χ3n) is 4.28. The topological polar surface area (TPSA) is 76.7 Å². The van der Waals surface area contributed by atoms with Crippen molar-refractivity contribution in [3.8, 4) is 11.5 Å². The molecule has 0 radical (unpaired) electrons. The normalized spacial score (nSPS) is 18.6. The molecule has 126 valence electrons. The Kier molecular flexibility index (Phi) is 3.65. The highest BCUT2D eigenvalue weighted by molar-refractivity contribution is 6.11. The van der Waals surface area contributed by atoms with Gasteiger partial charge in [0.15, 0.2) is 17.3 Å². The van der Waals surface area contributed by atoms with E-state index in [0.29, 0.717) is 28.3 Å². The predicted octanol–water partition coefficient (Wildman–Crippen LogP) is 2.93. The summed E-state index contributed by atoms with van der Waals surface area (Å²) < 4.78 is 10.7. The lowest BCUT2D eigenvalue weighted by molar-refractivity contribution is 0.102. The number of allylic oxidation sites excluding steroid dienone is 1. The molecule has 0 aromatic heterocycles. The van der Waals surface area contributed by atoms with Gasteiger partial charge in [0.25, 0.3) is 0 Å². The Balaban J connectivity index is 1.78. The van der Waals surface area contributed by atoms with Gasteiger partial charge in [0.05, 0.1) is 6.04 Å². The zero-order valence-electron chi connectivity index (χ0n) is 13.5. The second-order valence-electron chi connectivity index (χ2n) is 5.88. The number of benzene rings is 2. The molecule has 0 unspecified atom stereocenters. The van der Waals surface area contributed by atoms with E-state index in [9.17, 15) is 9.59 Å². The van der Waals surface area contributed by atoms with Crippen LogP contribution < -0.4 is 20.1 Å². The average molecular weight is 336 g/mol. The molecule has 6 heteroatoms. The van der Waals surface area contributed by atoms with E-state index in [1.165, 1.54) is 0 Å². The van der Waals surface area contributed by atoms with Crippen LogP contribution in [0.2, 0.25) is 0 Å². The van der Waals surface area contributed by atoms with Crippen LogP contribution in [-0.4, -0.2) is 18.6 Å². The fourth-order valence-corrected chi connectivity index (χ4v) is 3.08. The van der Waals surface area contributed by atoms with E-state index < -0.39 is 6.04 Å². The molecule has 2 amide bonds. The Bertz CT molecular complexity index is 890. The second kappa shape index (κ2) is 5.98. The number of carbonyl (C=O) groups excluding carboxylic acids is 2. The van der Waals surface area contributed by atoms with E-state index in [1.54, 1.807) is 31.2 Å². The molecular weight excluding hydrogens is 320 g/mol. The number of urea groups is 1. The minimum absolute atomic E-state index is 0.131. The van der Waals surface area contributed by atoms with Crippen LogP contribution in [0.5, 0.6) is 11.5 Å². The summed E-state index contributed by atoms with van der Waals surface area (Å²) in [5.74, 6) is 1.13. The fraction of sp³-hybridized carbons (Fsp3) is 0.158. The maximum atomic E-state index is 13.0. The highest BCUT2D eigenvalue weighted by Gasteiger charge is 2.32. The molecule has 2 aromatic carbocycles. The first-order valence-electron chi connectivity index (χ1n) is 7.91. The number of hydrogen-bond acceptors (Lipinski definition) is 4. The predicted molar refractivity (Wildman–Crippen MR) is 90.4 cm³/mol. The summed E-state index contributed by atoms with van der Waals surface area (Å²) in [6.07, 6.45) is 0. The number of Topliss-reactive ketones (excluding diaryl/α,β-unsaturated/α-hetero) is 1. The first kappa shape index (κ1) is 15.3. The SMILES string of the molecule is CC1=C(C(=O)c2ccccc2)[C@H](c2ccc3c(c2)OCO3)NC(=O)N1. The number of rotatable bonds is 3. The van der Waals surface area contributed by atoms with Gasteiger partial charge in [0.1, 0.15) is 0 Å². The third-order valence-corrected chi connectivity index (χ3v) is 4.28. The molecule has 2 aliphatic rings. The van der Waals surface area contributed by atoms with Gasteiger partial charge < -0.3 is 20.1 Å². The molecule has 2 heterocycles. The first-order valence-corrected chi connectivity index (χ1v) is 7.91. The number of ether oxygens (including phenoxy) is 2. The molecule has 0 aliphatic carbocycles. The lowest BCUT2D eigenvalue weighted by Crippen LogP contribution is -2.45. The molecule has 0 spiro atoms. The number of ketones is 1. The molecule has 2 N–H and O–H groups in total. The van der Waals surface area contributed by atoms with E-state index in [1.807, 2.05) is 24.3 Å². The minimum atomic E-state index is -0.559. The van der Waals surface area contributed by atoms with Crippen molar-refractivity contribution in [3.05, 3.63) is 70.9 Å². The van der Waals surface area contributed by atoms with E-state index in [2.05, 4.69) is 10.6 Å². The van der Waals surface area contributed by atoms with Crippen LogP contribution in [0.3, 0.4) is 0 Å². The monoisotopic (exact) mass is 336 g/mol. The number of hydrogen-bond donors (Lipinski definition) is 2. The summed E-state index contributed by atoms with van der Waals surface area (Å²) in [7, 11) is 0. The highest BCUT2D eigenvalue weighted by Crippen LogP contribution is 2.37. The van der Waals surface area contributed by atoms with Crippen LogP contribution in [0.4, 0.5) is 4.79 Å². The number of fused-ring (bicyclic) bond motifs is 1. The highest BCUT2D eigenvalue weighted by atomic mass is 16.7. The second-order valence-corrected chi connectivity index (χ2v) is 5.88. The van der Waals surface area contributed by atoms with E-state index in [4.69, 9.17) is 9.47 Å². The van der Waals surface area contributed by atoms with Gasteiger partial charge in [-0.3, -0.25) is 4.79 Å². The van der Waals surface area contributed by atoms with Gasteiger partial charge in [0, 0.05) is 16.8 Å². The van der Waals surface area contributed by atoms with Gasteiger partial charge in [-0.15, -0.1) is 0 Å². The summed E-state index contributed by atoms with van der Waals surface area (Å²) in [6.45, 7) is 1.90. The maximum Gasteiger partial charge on any atom is 0.319 e. The first-order chi connectivity index (χ1) is 12.1. The maximum absolute atomic E-state index is 13.0. The van der Waals surface area contributed by atoms with Crippen molar-refractivity contribution in [2.45, 2.75) is 13.0 Å². The number of nitrogens with one attached hydrogen (secondary N) is 2. The lowest BCUT2D eigenvalue weighted by Gasteiger charge is -2.28. The van der Waals surface area contributed by atoms with E-state index in [-0.39, 0.29) is 18.6 Å². The fourth-order valence-electron chi connectivity index (χ4n) is 3.08. The van der Waals surface area contributed by atoms with E-state index in [0.717, 1.165) is 5.56 Å². The molecule has 25 heavy (non-hydrogen) atoms. The third kappa shape index (κ3) is 2.71. The zero-order valence-corrected chi connectivity index (χ0v) is 13.5. The molecule has 0 saturated heterocycles. The molecule has 4 rings (SSSR count). The molecular formula is C19H16N2O4. The molecule has 2 aliphatic heterocycles. The largest absolute Gasteiger partial charge is 0.454 e. The summed E-state index contributed by atoms with van der Waals surface area (Å²) in [5.41, 5.74) is 2.38. The van der Waals surface area contributed by atoms with Gasteiger partial charge in [0.2, 0.25) is 6.79 Å². The number of carbonyl (C=O) groups is 2. The Morgan fingerprint density at radius 1 is 1.08 bits per heavy atom. The van der Waals surface area contributed by atoms with E-state index >= 15 is 0 Å². The lowest BCUT2D eigenvalue weighted by atomic mass is 9.89. The van der Waals surface area contributed by atoms with Crippen molar-refractivity contribution in [3.63, 3.8) is 0 Å². The molecule has 0 saturated carbocycles. The van der Waals surface area contributed by atoms with Crippen molar-refractivity contribution in [1.29, 1.82) is 0 Å². The van der Waals surface area contributed by atoms with Crippen LogP contribution in [0.25, 0.3) is 0 Å². The van der Waals surface area contributed by atoms with Crippen molar-refractivity contribution in [1.82, 2.24) is 10.6 Å². The summed E-state index contributed by atoms with van der Waals surface area (Å²) in [4.78, 5) is 25.0. The Labute approximate surface area is 144 Å². The van der Waals surface area contributed by atoms with Crippen LogP contribution in [0.15, 0.2) is 59.8 Å². The van der Waals surface area contributed by atoms with Crippen LogP contribution in [0.1, 0.15) is 28.9 Å². The number of amides is 2. The van der Waals surface area contributed by atoms with Gasteiger partial charge in [-0.05, 0) is 24.6 Å². The van der Waals surface area contributed by atoms with Crippen molar-refractivity contribution >= 4 is 11.8 Å². The Morgan fingerprint density at radius 2 is 1.84 bits per heavy atom. The summed E-state index contributed by atoms with van der Waals surface area (Å²) in [5, 5.41) is 5.51. The van der Waals surface area contributed by atoms with Crippen molar-refractivity contribution in [2.24, 2.45) is 0 Å². The molecule has 6 nitrogen and oxygen atoms in total. The summed E-state index contributed by atoms with van der Waals surface area (Å²) >= 11 is 0. The van der Waals surface area contributed by atoms with Crippen LogP contribution in [-0.2, 0) is 0 Å². The summed E-state index contributed by atoms with van der Waals surface area (Å²) in [6, 6.07) is 13.5. The minimum Gasteiger partial charge on any atom is -0.454 e. The smallest absolute Gasteiger partial charge is 0.319 e. The van der Waals surface area contributed by atoms with Gasteiger partial charge in [-0.25, -0.2) is 4.79 Å². The average Bonchev–Trinajstić information content (AvgIpc) is 3.09. The van der Waals surface area contributed by atoms with Crippen LogP contribution in [0, 0.1) is 0 Å². The molecule has 1 atom stereocenters. The van der Waals surface area contributed by atoms with Gasteiger partial charge in [-0.1, -0.05) is 36.4 Å². The van der Waals surface area contributed by atoms with Crippen LogP contribution >= 0.6 is 0 Å². The molecule has 0 bridgehead atoms. The van der Waals surface area contributed by atoms with Crippen molar-refractivity contribution < 1.29 is 19.1 Å². The molecule has 0 fully saturated rings. The Hall–Kier alpha value is -3.28. The zero-order chi connectivity index (χ0) is 17.4. The standard InChI is InChI=1S/C19H16N2O4/c1-11-16(18(22)12-5-3-2-4-6-12)17(21-19(23)20-11)13-7-8-14-15(9-13)25-10-24-14/h2-9,17H,10H2,1H3,(H2,20,21,23)/t17-/m0/s1. The van der Waals surface area contributed by atoms with Crippen molar-refractivity contribution in [2.75, 3.05) is 6.79 Å². The molecule has 2 aromatic rings. The van der Waals surface area contributed by atoms with Gasteiger partial charge >= 0.3 is 6.03 Å². The van der Waals surface area contributed by atoms with Gasteiger partial charge in [-0.2, -0.15) is 0 Å². The quantitative estimate of drug-likeness (QED) is 0.845. The Morgan fingerprint density at radius 3 is 2.64 bits per heavy atom.